The molecule has 0 bridgehead atoms. The summed E-state index contributed by atoms with van der Waals surface area (Å²) in [5.74, 6) is 2.30. The third kappa shape index (κ3) is 2.64. The van der Waals surface area contributed by atoms with Crippen molar-refractivity contribution in [2.45, 2.75) is 6.42 Å². The molecule has 0 spiro atoms. The molecule has 1 aliphatic heterocycles. The maximum atomic E-state index is 5.42. The van der Waals surface area contributed by atoms with Gasteiger partial charge in [0.1, 0.15) is 0 Å². The number of hydrogen-bond donors (Lipinski definition) is 1. The SMILES string of the molecule is c1cncc(Nc2nn3c(Cc4ccc5c(c4)OCO5)nnc3s2)c1. The maximum absolute atomic E-state index is 5.42. The van der Waals surface area contributed by atoms with Gasteiger partial charge in [0.15, 0.2) is 17.3 Å². The molecule has 0 atom stereocenters. The number of aromatic nitrogens is 5. The molecule has 3 aromatic heterocycles. The quantitative estimate of drug-likeness (QED) is 0.604. The average molecular weight is 352 g/mol. The third-order valence-electron chi connectivity index (χ3n) is 3.77. The predicted octanol–water partition coefficient (Wildman–Crippen LogP) is 2.64. The van der Waals surface area contributed by atoms with Gasteiger partial charge in [-0.05, 0) is 29.8 Å². The van der Waals surface area contributed by atoms with Crippen LogP contribution in [0.3, 0.4) is 0 Å². The summed E-state index contributed by atoms with van der Waals surface area (Å²) >= 11 is 1.44. The van der Waals surface area contributed by atoms with Gasteiger partial charge in [-0.3, -0.25) is 4.98 Å². The van der Waals surface area contributed by atoms with Crippen molar-refractivity contribution < 1.29 is 9.47 Å². The molecule has 9 heteroatoms. The third-order valence-corrected chi connectivity index (χ3v) is 4.58. The second kappa shape index (κ2) is 5.71. The number of nitrogens with zero attached hydrogens (tertiary/aromatic N) is 5. The van der Waals surface area contributed by atoms with Gasteiger partial charge in [-0.25, -0.2) is 0 Å². The van der Waals surface area contributed by atoms with Crippen LogP contribution < -0.4 is 14.8 Å². The van der Waals surface area contributed by atoms with E-state index in [-0.39, 0.29) is 6.79 Å². The van der Waals surface area contributed by atoms with Crippen LogP contribution in [0.4, 0.5) is 10.8 Å². The number of rotatable bonds is 4. The van der Waals surface area contributed by atoms with Crippen LogP contribution in [0.1, 0.15) is 11.4 Å². The van der Waals surface area contributed by atoms with Gasteiger partial charge in [-0.15, -0.1) is 15.3 Å². The van der Waals surface area contributed by atoms with Crippen LogP contribution in [-0.4, -0.2) is 31.6 Å². The van der Waals surface area contributed by atoms with Crippen molar-refractivity contribution in [2.75, 3.05) is 12.1 Å². The van der Waals surface area contributed by atoms with E-state index in [1.165, 1.54) is 11.3 Å². The van der Waals surface area contributed by atoms with Crippen LogP contribution in [0.5, 0.6) is 11.5 Å². The van der Waals surface area contributed by atoms with Crippen LogP contribution >= 0.6 is 11.3 Å². The summed E-state index contributed by atoms with van der Waals surface area (Å²) in [6.45, 7) is 0.267. The minimum atomic E-state index is 0.267. The Morgan fingerprint density at radius 1 is 1.16 bits per heavy atom. The van der Waals surface area contributed by atoms with Crippen molar-refractivity contribution in [1.29, 1.82) is 0 Å². The van der Waals surface area contributed by atoms with Gasteiger partial charge < -0.3 is 14.8 Å². The van der Waals surface area contributed by atoms with E-state index >= 15 is 0 Å². The Hall–Kier alpha value is -3.20. The predicted molar refractivity (Wildman–Crippen MR) is 91.5 cm³/mol. The first kappa shape index (κ1) is 14.2. The molecular weight excluding hydrogens is 340 g/mol. The Labute approximate surface area is 146 Å². The fourth-order valence-corrected chi connectivity index (χ4v) is 3.39. The lowest BCUT2D eigenvalue weighted by atomic mass is 10.1. The molecule has 0 unspecified atom stereocenters. The number of benzene rings is 1. The van der Waals surface area contributed by atoms with Crippen molar-refractivity contribution in [3.8, 4) is 11.5 Å². The van der Waals surface area contributed by atoms with Gasteiger partial charge in [0.05, 0.1) is 11.9 Å². The molecule has 0 aliphatic carbocycles. The first-order chi connectivity index (χ1) is 12.3. The zero-order chi connectivity index (χ0) is 16.6. The van der Waals surface area contributed by atoms with Gasteiger partial charge in [0.2, 0.25) is 16.9 Å². The van der Waals surface area contributed by atoms with Crippen molar-refractivity contribution in [2.24, 2.45) is 0 Å². The van der Waals surface area contributed by atoms with E-state index in [0.717, 1.165) is 38.7 Å². The lowest BCUT2D eigenvalue weighted by Gasteiger charge is -2.01. The Morgan fingerprint density at radius 2 is 2.12 bits per heavy atom. The Bertz CT molecular complexity index is 1050. The van der Waals surface area contributed by atoms with Gasteiger partial charge in [-0.1, -0.05) is 17.4 Å². The Balaban J connectivity index is 1.42. The van der Waals surface area contributed by atoms with Crippen LogP contribution in [0.25, 0.3) is 4.96 Å². The molecule has 0 amide bonds. The molecule has 0 saturated heterocycles. The van der Waals surface area contributed by atoms with Crippen molar-refractivity contribution in [1.82, 2.24) is 24.8 Å². The van der Waals surface area contributed by atoms with Gasteiger partial charge >= 0.3 is 0 Å². The molecule has 4 heterocycles. The van der Waals surface area contributed by atoms with E-state index in [9.17, 15) is 0 Å². The fraction of sp³-hybridized carbons (Fsp3) is 0.125. The lowest BCUT2D eigenvalue weighted by molar-refractivity contribution is 0.174. The lowest BCUT2D eigenvalue weighted by Crippen LogP contribution is -1.99. The number of fused-ring (bicyclic) bond motifs is 2. The van der Waals surface area contributed by atoms with Crippen molar-refractivity contribution >= 4 is 27.1 Å². The summed E-state index contributed by atoms with van der Waals surface area (Å²) in [7, 11) is 0. The standard InChI is InChI=1S/C16H12N6O2S/c1-2-11(8-17-5-1)18-15-21-22-14(19-20-16(22)25-15)7-10-3-4-12-13(6-10)24-9-23-12/h1-6,8H,7,9H2,(H,18,21). The summed E-state index contributed by atoms with van der Waals surface area (Å²) in [6.07, 6.45) is 4.08. The highest BCUT2D eigenvalue weighted by Gasteiger charge is 2.16. The first-order valence-corrected chi connectivity index (χ1v) is 8.43. The van der Waals surface area contributed by atoms with Crippen molar-refractivity contribution in [3.05, 3.63) is 54.1 Å². The fourth-order valence-electron chi connectivity index (χ4n) is 2.61. The van der Waals surface area contributed by atoms with Gasteiger partial charge in [0.25, 0.3) is 0 Å². The Morgan fingerprint density at radius 3 is 3.04 bits per heavy atom. The number of ether oxygens (including phenoxy) is 2. The van der Waals surface area contributed by atoms with Crippen LogP contribution in [0, 0.1) is 0 Å². The summed E-state index contributed by atoms with van der Waals surface area (Å²) in [5.41, 5.74) is 1.94. The minimum absolute atomic E-state index is 0.267. The second-order valence-electron chi connectivity index (χ2n) is 5.45. The number of hydrogen-bond acceptors (Lipinski definition) is 8. The minimum Gasteiger partial charge on any atom is -0.454 e. The van der Waals surface area contributed by atoms with Gasteiger partial charge in [-0.2, -0.15) is 4.52 Å². The molecule has 1 N–H and O–H groups in total. The van der Waals surface area contributed by atoms with E-state index in [1.54, 1.807) is 16.9 Å². The summed E-state index contributed by atoms with van der Waals surface area (Å²) < 4.78 is 12.5. The van der Waals surface area contributed by atoms with E-state index in [2.05, 4.69) is 25.6 Å². The van der Waals surface area contributed by atoms with Crippen LogP contribution in [-0.2, 0) is 6.42 Å². The molecule has 25 heavy (non-hydrogen) atoms. The van der Waals surface area contributed by atoms with Crippen LogP contribution in [0.15, 0.2) is 42.7 Å². The maximum Gasteiger partial charge on any atom is 0.236 e. The molecular formula is C16H12N6O2S. The molecule has 0 radical (unpaired) electrons. The highest BCUT2D eigenvalue weighted by atomic mass is 32.1. The van der Waals surface area contributed by atoms with E-state index in [1.807, 2.05) is 30.3 Å². The second-order valence-corrected chi connectivity index (χ2v) is 6.40. The largest absolute Gasteiger partial charge is 0.454 e. The topological polar surface area (TPSA) is 86.5 Å². The normalized spacial score (nSPS) is 12.6. The first-order valence-electron chi connectivity index (χ1n) is 7.62. The zero-order valence-electron chi connectivity index (χ0n) is 12.9. The molecule has 5 rings (SSSR count). The molecule has 8 nitrogen and oxygen atoms in total. The summed E-state index contributed by atoms with van der Waals surface area (Å²) in [4.78, 5) is 4.82. The molecule has 0 saturated carbocycles. The molecule has 1 aromatic carbocycles. The highest BCUT2D eigenvalue weighted by molar-refractivity contribution is 7.20. The number of anilines is 2. The number of pyridine rings is 1. The smallest absolute Gasteiger partial charge is 0.236 e. The van der Waals surface area contributed by atoms with Crippen molar-refractivity contribution in [3.63, 3.8) is 0 Å². The summed E-state index contributed by atoms with van der Waals surface area (Å²) in [6, 6.07) is 9.67. The monoisotopic (exact) mass is 352 g/mol. The molecule has 0 fully saturated rings. The van der Waals surface area contributed by atoms with Gasteiger partial charge in [0, 0.05) is 12.6 Å². The summed E-state index contributed by atoms with van der Waals surface area (Å²) in [5, 5.41) is 17.0. The molecule has 124 valence electrons. The van der Waals surface area contributed by atoms with E-state index in [0.29, 0.717) is 6.42 Å². The van der Waals surface area contributed by atoms with Crippen LogP contribution in [0.2, 0.25) is 0 Å². The number of nitrogens with one attached hydrogen (secondary N) is 1. The Kier molecular flexibility index (Phi) is 3.23. The molecule has 1 aliphatic rings. The zero-order valence-corrected chi connectivity index (χ0v) is 13.7. The van der Waals surface area contributed by atoms with E-state index < -0.39 is 0 Å². The average Bonchev–Trinajstić information content (AvgIpc) is 3.33. The highest BCUT2D eigenvalue weighted by Crippen LogP contribution is 2.33. The molecule has 4 aromatic rings. The van der Waals surface area contributed by atoms with E-state index in [4.69, 9.17) is 9.47 Å².